The standard InChI is InChI=1S/C31H33N5O4/c1-5-34(23-13-15-32-16-14-23)18-19-40-28-20-24(10-11-27(28)39-4)36-29(37)31(2,3)35(30(36)38)21-22-12-17-33-26-9-7-6-8-25(22)26/h6-17,20H,5,18-19,21H2,1-4H3. The number of methoxy groups -OCH3 is 1. The molecule has 1 fully saturated rings. The monoisotopic (exact) mass is 539 g/mol. The Morgan fingerprint density at radius 2 is 1.73 bits per heavy atom. The molecule has 0 atom stereocenters. The summed E-state index contributed by atoms with van der Waals surface area (Å²) in [6.45, 7) is 7.72. The van der Waals surface area contributed by atoms with Gasteiger partial charge in [0.25, 0.3) is 5.91 Å². The minimum Gasteiger partial charge on any atom is -0.493 e. The van der Waals surface area contributed by atoms with Gasteiger partial charge < -0.3 is 19.3 Å². The Morgan fingerprint density at radius 1 is 0.950 bits per heavy atom. The van der Waals surface area contributed by atoms with Crippen molar-refractivity contribution in [1.82, 2.24) is 14.9 Å². The summed E-state index contributed by atoms with van der Waals surface area (Å²) < 4.78 is 11.6. The zero-order valence-electron chi connectivity index (χ0n) is 23.2. The molecule has 2 aromatic carbocycles. The maximum Gasteiger partial charge on any atom is 0.332 e. The number of benzene rings is 2. The number of hydrogen-bond donors (Lipinski definition) is 0. The third-order valence-corrected chi connectivity index (χ3v) is 7.33. The summed E-state index contributed by atoms with van der Waals surface area (Å²) in [4.78, 5) is 40.9. The molecule has 40 heavy (non-hydrogen) atoms. The van der Waals surface area contributed by atoms with Gasteiger partial charge in [0.15, 0.2) is 11.5 Å². The van der Waals surface area contributed by atoms with Crippen LogP contribution < -0.4 is 19.3 Å². The van der Waals surface area contributed by atoms with E-state index < -0.39 is 5.54 Å². The minimum atomic E-state index is -1.05. The predicted molar refractivity (Wildman–Crippen MR) is 155 cm³/mol. The molecule has 9 heteroatoms. The van der Waals surface area contributed by atoms with Crippen LogP contribution in [0.5, 0.6) is 11.5 Å². The Bertz CT molecular complexity index is 1520. The Hall–Kier alpha value is -4.66. The quantitative estimate of drug-likeness (QED) is 0.253. The fourth-order valence-electron chi connectivity index (χ4n) is 5.00. The van der Waals surface area contributed by atoms with Crippen molar-refractivity contribution in [3.63, 3.8) is 0 Å². The third-order valence-electron chi connectivity index (χ3n) is 7.33. The van der Waals surface area contributed by atoms with E-state index >= 15 is 0 Å². The van der Waals surface area contributed by atoms with Gasteiger partial charge in [-0.05, 0) is 62.7 Å². The molecule has 9 nitrogen and oxygen atoms in total. The fraction of sp³-hybridized carbons (Fsp3) is 0.290. The number of rotatable bonds is 10. The molecule has 1 aliphatic rings. The molecule has 1 saturated heterocycles. The number of ether oxygens (including phenoxy) is 2. The second-order valence-electron chi connectivity index (χ2n) is 10.0. The second-order valence-corrected chi connectivity index (χ2v) is 10.0. The van der Waals surface area contributed by atoms with Gasteiger partial charge in [0.05, 0.1) is 24.9 Å². The SMILES string of the molecule is CCN(CCOc1cc(N2C(=O)N(Cc3ccnc4ccccc34)C(C)(C)C2=O)ccc1OC)c1ccncc1. The first-order chi connectivity index (χ1) is 19.3. The van der Waals surface area contributed by atoms with E-state index in [-0.39, 0.29) is 18.5 Å². The van der Waals surface area contributed by atoms with Gasteiger partial charge in [-0.2, -0.15) is 0 Å². The molecule has 3 heterocycles. The van der Waals surface area contributed by atoms with Gasteiger partial charge in [-0.15, -0.1) is 0 Å². The van der Waals surface area contributed by atoms with Crippen LogP contribution in [0.2, 0.25) is 0 Å². The number of amides is 3. The van der Waals surface area contributed by atoms with Crippen molar-refractivity contribution in [1.29, 1.82) is 0 Å². The molecule has 1 aliphatic heterocycles. The molecule has 2 aromatic heterocycles. The van der Waals surface area contributed by atoms with Crippen LogP contribution >= 0.6 is 0 Å². The summed E-state index contributed by atoms with van der Waals surface area (Å²) in [5.74, 6) is 0.679. The Kier molecular flexibility index (Phi) is 7.55. The number of hydrogen-bond acceptors (Lipinski definition) is 7. The van der Waals surface area contributed by atoms with Crippen LogP contribution in [0.15, 0.2) is 79.3 Å². The number of fused-ring (bicyclic) bond motifs is 1. The highest BCUT2D eigenvalue weighted by atomic mass is 16.5. The molecule has 0 aliphatic carbocycles. The number of likely N-dealkylation sites (N-methyl/N-ethyl adjacent to an activating group) is 1. The Morgan fingerprint density at radius 3 is 2.48 bits per heavy atom. The first-order valence-electron chi connectivity index (χ1n) is 13.3. The normalized spacial score (nSPS) is 14.6. The zero-order chi connectivity index (χ0) is 28.3. The van der Waals surface area contributed by atoms with Crippen LogP contribution in [-0.2, 0) is 11.3 Å². The van der Waals surface area contributed by atoms with Gasteiger partial charge in [-0.3, -0.25) is 14.8 Å². The van der Waals surface area contributed by atoms with E-state index in [1.165, 1.54) is 4.90 Å². The number of carbonyl (C=O) groups is 2. The van der Waals surface area contributed by atoms with E-state index in [0.717, 1.165) is 28.7 Å². The summed E-state index contributed by atoms with van der Waals surface area (Å²) in [6, 6.07) is 18.3. The van der Waals surface area contributed by atoms with E-state index in [1.54, 1.807) is 62.6 Å². The number of anilines is 2. The third kappa shape index (κ3) is 5.02. The first kappa shape index (κ1) is 26.9. The molecule has 206 valence electrons. The van der Waals surface area contributed by atoms with Gasteiger partial charge in [0.2, 0.25) is 0 Å². The number of nitrogens with zero attached hydrogens (tertiary/aromatic N) is 5. The van der Waals surface area contributed by atoms with E-state index in [1.807, 2.05) is 42.5 Å². The minimum absolute atomic E-state index is 0.276. The maximum atomic E-state index is 13.8. The number of para-hydroxylation sites is 1. The lowest BCUT2D eigenvalue weighted by Gasteiger charge is -2.28. The second kappa shape index (κ2) is 11.2. The molecule has 0 spiro atoms. The van der Waals surface area contributed by atoms with Gasteiger partial charge in [0, 0.05) is 48.8 Å². The van der Waals surface area contributed by atoms with Crippen LogP contribution in [0.1, 0.15) is 26.3 Å². The van der Waals surface area contributed by atoms with Crippen molar-refractivity contribution in [3.8, 4) is 11.5 Å². The van der Waals surface area contributed by atoms with Gasteiger partial charge >= 0.3 is 6.03 Å². The summed E-state index contributed by atoms with van der Waals surface area (Å²) in [6.07, 6.45) is 5.25. The molecule has 0 saturated carbocycles. The molecule has 5 rings (SSSR count). The largest absolute Gasteiger partial charge is 0.493 e. The number of aromatic nitrogens is 2. The lowest BCUT2D eigenvalue weighted by molar-refractivity contribution is -0.123. The zero-order valence-corrected chi connectivity index (χ0v) is 23.2. The molecule has 0 unspecified atom stereocenters. The Labute approximate surface area is 234 Å². The molecular weight excluding hydrogens is 506 g/mol. The fourth-order valence-corrected chi connectivity index (χ4v) is 5.00. The van der Waals surface area contributed by atoms with Crippen LogP contribution in [0.25, 0.3) is 10.9 Å². The Balaban J connectivity index is 1.37. The number of pyridine rings is 2. The average Bonchev–Trinajstić information content (AvgIpc) is 3.14. The van der Waals surface area contributed by atoms with Crippen molar-refractivity contribution in [2.75, 3.05) is 36.6 Å². The molecule has 4 aromatic rings. The van der Waals surface area contributed by atoms with Crippen LogP contribution in [0.4, 0.5) is 16.2 Å². The van der Waals surface area contributed by atoms with Crippen LogP contribution in [-0.4, -0.2) is 59.2 Å². The summed E-state index contributed by atoms with van der Waals surface area (Å²) >= 11 is 0. The lowest BCUT2D eigenvalue weighted by atomic mass is 10.0. The highest BCUT2D eigenvalue weighted by molar-refractivity contribution is 6.23. The summed E-state index contributed by atoms with van der Waals surface area (Å²) in [5, 5.41) is 0.951. The van der Waals surface area contributed by atoms with E-state index in [4.69, 9.17) is 9.47 Å². The molecule has 0 radical (unpaired) electrons. The van der Waals surface area contributed by atoms with Crippen molar-refractivity contribution in [3.05, 3.63) is 84.8 Å². The highest BCUT2D eigenvalue weighted by Crippen LogP contribution is 2.38. The van der Waals surface area contributed by atoms with E-state index in [9.17, 15) is 9.59 Å². The van der Waals surface area contributed by atoms with E-state index in [2.05, 4.69) is 21.8 Å². The number of imide groups is 1. The van der Waals surface area contributed by atoms with Crippen molar-refractivity contribution in [2.45, 2.75) is 32.9 Å². The predicted octanol–water partition coefficient (Wildman–Crippen LogP) is 5.29. The molecule has 3 amide bonds. The van der Waals surface area contributed by atoms with E-state index in [0.29, 0.717) is 30.3 Å². The topological polar surface area (TPSA) is 88.1 Å². The first-order valence-corrected chi connectivity index (χ1v) is 13.3. The van der Waals surface area contributed by atoms with Crippen molar-refractivity contribution >= 4 is 34.2 Å². The van der Waals surface area contributed by atoms with Crippen LogP contribution in [0.3, 0.4) is 0 Å². The number of carbonyl (C=O) groups excluding carboxylic acids is 2. The molecular formula is C31H33N5O4. The van der Waals surface area contributed by atoms with Gasteiger partial charge in [-0.1, -0.05) is 18.2 Å². The van der Waals surface area contributed by atoms with Gasteiger partial charge in [-0.25, -0.2) is 9.69 Å². The number of urea groups is 1. The van der Waals surface area contributed by atoms with Crippen molar-refractivity contribution < 1.29 is 19.1 Å². The van der Waals surface area contributed by atoms with Crippen molar-refractivity contribution in [2.24, 2.45) is 0 Å². The average molecular weight is 540 g/mol. The molecule has 0 bridgehead atoms. The highest BCUT2D eigenvalue weighted by Gasteiger charge is 2.52. The van der Waals surface area contributed by atoms with Gasteiger partial charge in [0.1, 0.15) is 12.1 Å². The lowest BCUT2D eigenvalue weighted by Crippen LogP contribution is -2.43. The summed E-state index contributed by atoms with van der Waals surface area (Å²) in [7, 11) is 1.56. The van der Waals surface area contributed by atoms with Crippen LogP contribution in [0, 0.1) is 0 Å². The summed E-state index contributed by atoms with van der Waals surface area (Å²) in [5.41, 5.74) is 2.21. The maximum absolute atomic E-state index is 13.8. The smallest absolute Gasteiger partial charge is 0.332 e. The molecule has 0 N–H and O–H groups in total.